The zero-order chi connectivity index (χ0) is 5.41. The molecular weight excluding hydrogens is 223 g/mol. The third-order valence-corrected chi connectivity index (χ3v) is 0.204. The first kappa shape index (κ1) is 32.0. The van der Waals surface area contributed by atoms with Crippen LogP contribution in [0.5, 0.6) is 0 Å². The molecule has 2 nitrogen and oxygen atoms in total. The van der Waals surface area contributed by atoms with Crippen molar-refractivity contribution in [3.63, 3.8) is 0 Å². The summed E-state index contributed by atoms with van der Waals surface area (Å²) < 4.78 is 0. The molecule has 0 aliphatic heterocycles. The largest absolute Gasteiger partial charge is 2.00 e. The van der Waals surface area contributed by atoms with Crippen LogP contribution in [0.25, 0.3) is 0 Å². The van der Waals surface area contributed by atoms with E-state index in [1.165, 1.54) is 0 Å². The van der Waals surface area contributed by atoms with Crippen molar-refractivity contribution in [2.75, 3.05) is 6.61 Å². The van der Waals surface area contributed by atoms with E-state index in [-0.39, 0.29) is 51.0 Å². The third-order valence-electron chi connectivity index (χ3n) is 0.204. The summed E-state index contributed by atoms with van der Waals surface area (Å²) in [7, 11) is 0. The molecule has 0 atom stereocenters. The van der Waals surface area contributed by atoms with E-state index in [2.05, 4.69) is 6.92 Å². The van der Waals surface area contributed by atoms with E-state index >= 15 is 0 Å². The van der Waals surface area contributed by atoms with E-state index in [4.69, 9.17) is 0 Å². The van der Waals surface area contributed by atoms with Crippen LogP contribution in [0.1, 0.15) is 20.3 Å². The van der Waals surface area contributed by atoms with Crippen molar-refractivity contribution in [1.29, 1.82) is 0 Å². The van der Waals surface area contributed by atoms with Gasteiger partial charge in [0.1, 0.15) is 0 Å². The van der Waals surface area contributed by atoms with Crippen LogP contribution in [0.4, 0.5) is 0 Å². The Labute approximate surface area is 83.2 Å². The minimum absolute atomic E-state index is 0. The smallest absolute Gasteiger partial charge is 0.870 e. The molecule has 0 bridgehead atoms. The average Bonchev–Trinajstić information content (AvgIpc) is 1.72. The molecule has 0 spiro atoms. The van der Waals surface area contributed by atoms with Crippen LogP contribution in [0, 0.1) is 6.92 Å². The van der Waals surface area contributed by atoms with Gasteiger partial charge in [0.15, 0.2) is 0 Å². The molecule has 9 heavy (non-hydrogen) atoms. The molecule has 0 rings (SSSR count). The Hall–Kier alpha value is 1.17. The SMILES string of the molecule is CCC[O-].[CH2-]C.[OH-].[Zn+2].[Zn]. The van der Waals surface area contributed by atoms with E-state index in [0.29, 0.717) is 0 Å². The Balaban J connectivity index is -0.00000000990. The molecule has 0 aromatic rings. The summed E-state index contributed by atoms with van der Waals surface area (Å²) in [5.41, 5.74) is 0. The fourth-order valence-corrected chi connectivity index (χ4v) is 0. The maximum atomic E-state index is 9.30. The van der Waals surface area contributed by atoms with Gasteiger partial charge in [-0.05, 0) is 0 Å². The molecule has 0 aliphatic carbocycles. The van der Waals surface area contributed by atoms with Gasteiger partial charge >= 0.3 is 19.5 Å². The number of rotatable bonds is 1. The first-order chi connectivity index (χ1) is 2.91. The second kappa shape index (κ2) is 61.0. The summed E-state index contributed by atoms with van der Waals surface area (Å²) in [6.45, 7) is 6.94. The van der Waals surface area contributed by atoms with Crippen LogP contribution in [0.2, 0.25) is 0 Å². The van der Waals surface area contributed by atoms with Gasteiger partial charge in [-0.15, -0.1) is 6.61 Å². The number of hydrogen-bond donors (Lipinski definition) is 0. The molecule has 50 valence electrons. The molecular formula is C5H13O2Zn2-. The van der Waals surface area contributed by atoms with Crippen molar-refractivity contribution in [2.24, 2.45) is 0 Å². The topological polar surface area (TPSA) is 53.1 Å². The van der Waals surface area contributed by atoms with Gasteiger partial charge in [0.2, 0.25) is 0 Å². The normalized spacial score (nSPS) is 4.00. The predicted molar refractivity (Wildman–Crippen MR) is 28.1 cm³/mol. The molecule has 0 aromatic heterocycles. The monoisotopic (exact) mass is 233 g/mol. The number of hydrogen-bond acceptors (Lipinski definition) is 2. The Morgan fingerprint density at radius 3 is 1.44 bits per heavy atom. The predicted octanol–water partition coefficient (Wildman–Crippen LogP) is 0.415. The standard InChI is InChI=1S/C3H7O.C2H5.H2O.2Zn/c1-2-3-4;1-2;;;/h2-3H2,1H3;1H2,2H3;1H2;;/q2*-1;;;+2/p-1. The van der Waals surface area contributed by atoms with E-state index in [0.717, 1.165) is 6.42 Å². The maximum absolute atomic E-state index is 9.30. The van der Waals surface area contributed by atoms with Gasteiger partial charge in [0.05, 0.1) is 0 Å². The quantitative estimate of drug-likeness (QED) is 0.489. The van der Waals surface area contributed by atoms with Crippen LogP contribution in [-0.2, 0) is 39.0 Å². The van der Waals surface area contributed by atoms with E-state index in [1.807, 2.05) is 6.92 Å². The van der Waals surface area contributed by atoms with Crippen molar-refractivity contribution < 1.29 is 49.5 Å². The molecule has 0 aliphatic rings. The first-order valence-corrected chi connectivity index (χ1v) is 2.20. The van der Waals surface area contributed by atoms with Crippen LogP contribution in [0.3, 0.4) is 0 Å². The van der Waals surface area contributed by atoms with Gasteiger partial charge in [-0.1, -0.05) is 13.3 Å². The Kier molecular flexibility index (Phi) is 217. The molecule has 0 radical (unpaired) electrons. The Morgan fingerprint density at radius 2 is 1.44 bits per heavy atom. The van der Waals surface area contributed by atoms with Crippen molar-refractivity contribution in [1.82, 2.24) is 0 Å². The minimum Gasteiger partial charge on any atom is -0.870 e. The van der Waals surface area contributed by atoms with Gasteiger partial charge in [0, 0.05) is 19.5 Å². The molecule has 1 N–H and O–H groups in total. The molecule has 0 saturated heterocycles. The van der Waals surface area contributed by atoms with Crippen LogP contribution < -0.4 is 5.11 Å². The van der Waals surface area contributed by atoms with E-state index in [1.54, 1.807) is 6.92 Å². The Bertz CT molecular complexity index is 14.9. The summed E-state index contributed by atoms with van der Waals surface area (Å²) in [5, 5.41) is 9.30. The molecule has 0 heterocycles. The molecule has 0 fully saturated rings. The van der Waals surface area contributed by atoms with Crippen LogP contribution in [-0.4, -0.2) is 12.1 Å². The molecule has 0 unspecified atom stereocenters. The van der Waals surface area contributed by atoms with Gasteiger partial charge in [0.25, 0.3) is 0 Å². The van der Waals surface area contributed by atoms with E-state index < -0.39 is 0 Å². The summed E-state index contributed by atoms with van der Waals surface area (Å²) >= 11 is 0. The zero-order valence-electron chi connectivity index (χ0n) is 6.39. The summed E-state index contributed by atoms with van der Waals surface area (Å²) in [6.07, 6.45) is 0.764. The maximum Gasteiger partial charge on any atom is 2.00 e. The minimum atomic E-state index is 0. The van der Waals surface area contributed by atoms with Crippen molar-refractivity contribution in [3.8, 4) is 0 Å². The van der Waals surface area contributed by atoms with Gasteiger partial charge in [-0.25, -0.2) is 0 Å². The summed E-state index contributed by atoms with van der Waals surface area (Å²) in [6, 6.07) is 0. The molecule has 0 amide bonds. The van der Waals surface area contributed by atoms with Gasteiger partial charge < -0.3 is 17.5 Å². The second-order valence-corrected chi connectivity index (χ2v) is 0.704. The van der Waals surface area contributed by atoms with Crippen molar-refractivity contribution in [3.05, 3.63) is 6.92 Å². The van der Waals surface area contributed by atoms with Crippen LogP contribution >= 0.6 is 0 Å². The van der Waals surface area contributed by atoms with Gasteiger partial charge in [-0.2, -0.15) is 6.92 Å². The summed E-state index contributed by atoms with van der Waals surface area (Å²) in [5.74, 6) is 0. The molecule has 4 heteroatoms. The molecule has 0 saturated carbocycles. The average molecular weight is 236 g/mol. The van der Waals surface area contributed by atoms with Gasteiger partial charge in [-0.3, -0.25) is 0 Å². The summed E-state index contributed by atoms with van der Waals surface area (Å²) in [4.78, 5) is 0. The Morgan fingerprint density at radius 1 is 1.33 bits per heavy atom. The molecule has 0 aromatic carbocycles. The van der Waals surface area contributed by atoms with E-state index in [9.17, 15) is 5.11 Å². The van der Waals surface area contributed by atoms with Crippen molar-refractivity contribution in [2.45, 2.75) is 20.3 Å². The van der Waals surface area contributed by atoms with Crippen molar-refractivity contribution >= 4 is 0 Å². The third kappa shape index (κ3) is 100. The van der Waals surface area contributed by atoms with Crippen LogP contribution in [0.15, 0.2) is 0 Å². The zero-order valence-corrected chi connectivity index (χ0v) is 12.3. The first-order valence-electron chi connectivity index (χ1n) is 2.20. The fraction of sp³-hybridized carbons (Fsp3) is 0.800. The second-order valence-electron chi connectivity index (χ2n) is 0.704. The fourth-order valence-electron chi connectivity index (χ4n) is 0.